The van der Waals surface area contributed by atoms with E-state index in [0.29, 0.717) is 17.7 Å². The number of hydrogen-bond acceptors (Lipinski definition) is 3. The molecule has 0 radical (unpaired) electrons. The summed E-state index contributed by atoms with van der Waals surface area (Å²) in [6.07, 6.45) is 4.68. The predicted octanol–water partition coefficient (Wildman–Crippen LogP) is 1.27. The maximum atomic E-state index is 12.6. The van der Waals surface area contributed by atoms with Crippen LogP contribution in [0.15, 0.2) is 0 Å². The van der Waals surface area contributed by atoms with Crippen LogP contribution in [-0.2, 0) is 4.79 Å². The van der Waals surface area contributed by atoms with Crippen molar-refractivity contribution in [1.82, 2.24) is 15.1 Å². The third kappa shape index (κ3) is 2.52. The molecule has 0 bridgehead atoms. The molecular weight excluding hydrogens is 238 g/mol. The van der Waals surface area contributed by atoms with Crippen molar-refractivity contribution < 1.29 is 4.79 Å². The number of hydrogen-bond donors (Lipinski definition) is 1. The molecule has 2 atom stereocenters. The highest BCUT2D eigenvalue weighted by Gasteiger charge is 2.59. The van der Waals surface area contributed by atoms with Crippen molar-refractivity contribution in [1.29, 1.82) is 0 Å². The zero-order chi connectivity index (χ0) is 13.6. The van der Waals surface area contributed by atoms with Crippen LogP contribution in [0.1, 0.15) is 39.5 Å². The molecule has 3 aliphatic rings. The van der Waals surface area contributed by atoms with Gasteiger partial charge in [-0.2, -0.15) is 0 Å². The van der Waals surface area contributed by atoms with E-state index in [9.17, 15) is 4.79 Å². The quantitative estimate of drug-likeness (QED) is 0.831. The van der Waals surface area contributed by atoms with Crippen LogP contribution in [0.25, 0.3) is 0 Å². The Labute approximate surface area is 116 Å². The van der Waals surface area contributed by atoms with Crippen molar-refractivity contribution in [2.24, 2.45) is 11.8 Å². The van der Waals surface area contributed by atoms with E-state index in [1.54, 1.807) is 0 Å². The van der Waals surface area contributed by atoms with Gasteiger partial charge in [0.25, 0.3) is 0 Å². The van der Waals surface area contributed by atoms with Gasteiger partial charge in [-0.1, -0.05) is 13.8 Å². The summed E-state index contributed by atoms with van der Waals surface area (Å²) in [4.78, 5) is 17.1. The molecule has 4 heteroatoms. The molecule has 108 valence electrons. The van der Waals surface area contributed by atoms with Crippen molar-refractivity contribution >= 4 is 5.91 Å². The second-order valence-corrected chi connectivity index (χ2v) is 7.25. The lowest BCUT2D eigenvalue weighted by atomic mass is 10.1. The van der Waals surface area contributed by atoms with Crippen LogP contribution in [0.2, 0.25) is 0 Å². The second-order valence-electron chi connectivity index (χ2n) is 7.25. The summed E-state index contributed by atoms with van der Waals surface area (Å²) in [5.41, 5.74) is -0.149. The van der Waals surface area contributed by atoms with Crippen molar-refractivity contribution in [3.63, 3.8) is 0 Å². The van der Waals surface area contributed by atoms with E-state index in [2.05, 4.69) is 36.0 Å². The van der Waals surface area contributed by atoms with Gasteiger partial charge in [-0.05, 0) is 51.1 Å². The third-order valence-electron chi connectivity index (χ3n) is 4.88. The number of rotatable bonds is 4. The third-order valence-corrected chi connectivity index (χ3v) is 4.88. The van der Waals surface area contributed by atoms with E-state index < -0.39 is 0 Å². The summed E-state index contributed by atoms with van der Waals surface area (Å²) in [5, 5.41) is 3.62. The molecule has 1 aliphatic carbocycles. The molecule has 1 spiro atoms. The van der Waals surface area contributed by atoms with Crippen LogP contribution in [0.5, 0.6) is 0 Å². The molecule has 1 N–H and O–H groups in total. The van der Waals surface area contributed by atoms with E-state index in [4.69, 9.17) is 0 Å². The lowest BCUT2D eigenvalue weighted by Crippen LogP contribution is -2.41. The van der Waals surface area contributed by atoms with Gasteiger partial charge in [-0.3, -0.25) is 10.1 Å². The topological polar surface area (TPSA) is 35.6 Å². The molecule has 19 heavy (non-hydrogen) atoms. The van der Waals surface area contributed by atoms with Crippen molar-refractivity contribution in [2.45, 2.75) is 51.2 Å². The molecule has 0 aromatic rings. The molecule has 2 unspecified atom stereocenters. The highest BCUT2D eigenvalue weighted by atomic mass is 16.2. The molecule has 1 amide bonds. The standard InChI is InChI=1S/C15H27N3O/c1-11(2)8-13-16-15(5-6-15)14(19)18(13)10-12-4-7-17(3)9-12/h11-13,16H,4-10H2,1-3H3. The number of carbonyl (C=O) groups excluding carboxylic acids is 1. The summed E-state index contributed by atoms with van der Waals surface area (Å²) >= 11 is 0. The van der Waals surface area contributed by atoms with Crippen LogP contribution in [0, 0.1) is 11.8 Å². The fraction of sp³-hybridized carbons (Fsp3) is 0.933. The highest BCUT2D eigenvalue weighted by Crippen LogP contribution is 2.43. The summed E-state index contributed by atoms with van der Waals surface area (Å²) in [6.45, 7) is 7.76. The monoisotopic (exact) mass is 265 g/mol. The summed E-state index contributed by atoms with van der Waals surface area (Å²) in [5.74, 6) is 1.68. The first kappa shape index (κ1) is 13.4. The lowest BCUT2D eigenvalue weighted by molar-refractivity contribution is -0.131. The molecule has 0 aromatic heterocycles. The average Bonchev–Trinajstić information content (AvgIpc) is 2.93. The summed E-state index contributed by atoms with van der Waals surface area (Å²) < 4.78 is 0. The summed E-state index contributed by atoms with van der Waals surface area (Å²) in [7, 11) is 2.18. The normalized spacial score (nSPS) is 33.9. The number of nitrogens with one attached hydrogen (secondary N) is 1. The van der Waals surface area contributed by atoms with Crippen molar-refractivity contribution in [2.75, 3.05) is 26.7 Å². The number of amides is 1. The van der Waals surface area contributed by atoms with Crippen molar-refractivity contribution in [3.8, 4) is 0 Å². The molecule has 2 aliphatic heterocycles. The van der Waals surface area contributed by atoms with E-state index in [0.717, 1.165) is 32.4 Å². The molecule has 0 aromatic carbocycles. The minimum Gasteiger partial charge on any atom is -0.325 e. The number of likely N-dealkylation sites (tertiary alicyclic amines) is 1. The molecule has 2 saturated heterocycles. The first-order valence-corrected chi connectivity index (χ1v) is 7.77. The van der Waals surface area contributed by atoms with E-state index in [1.807, 2.05) is 0 Å². The van der Waals surface area contributed by atoms with Gasteiger partial charge < -0.3 is 9.80 Å². The minimum absolute atomic E-state index is 0.149. The first-order chi connectivity index (χ1) is 9.00. The van der Waals surface area contributed by atoms with Gasteiger partial charge in [0, 0.05) is 13.1 Å². The Hall–Kier alpha value is -0.610. The van der Waals surface area contributed by atoms with Gasteiger partial charge in [-0.25, -0.2) is 0 Å². The number of carbonyl (C=O) groups is 1. The van der Waals surface area contributed by atoms with Gasteiger partial charge in [0.05, 0.1) is 11.7 Å². The smallest absolute Gasteiger partial charge is 0.244 e. The van der Waals surface area contributed by atoms with Gasteiger partial charge in [-0.15, -0.1) is 0 Å². The zero-order valence-corrected chi connectivity index (χ0v) is 12.5. The lowest BCUT2D eigenvalue weighted by Gasteiger charge is -2.28. The minimum atomic E-state index is -0.149. The Morgan fingerprint density at radius 1 is 1.42 bits per heavy atom. The van der Waals surface area contributed by atoms with Gasteiger partial charge in [0.15, 0.2) is 0 Å². The van der Waals surface area contributed by atoms with Crippen LogP contribution in [0.4, 0.5) is 0 Å². The first-order valence-electron chi connectivity index (χ1n) is 7.77. The van der Waals surface area contributed by atoms with Gasteiger partial charge >= 0.3 is 0 Å². The Kier molecular flexibility index (Phi) is 3.34. The predicted molar refractivity (Wildman–Crippen MR) is 75.7 cm³/mol. The molecule has 3 rings (SSSR count). The molecule has 2 heterocycles. The molecule has 1 saturated carbocycles. The molecular formula is C15H27N3O. The highest BCUT2D eigenvalue weighted by molar-refractivity contribution is 5.91. The van der Waals surface area contributed by atoms with Gasteiger partial charge in [0.2, 0.25) is 5.91 Å². The van der Waals surface area contributed by atoms with Crippen LogP contribution < -0.4 is 5.32 Å². The fourth-order valence-electron chi connectivity index (χ4n) is 3.65. The zero-order valence-electron chi connectivity index (χ0n) is 12.5. The summed E-state index contributed by atoms with van der Waals surface area (Å²) in [6, 6.07) is 0. The molecule has 3 fully saturated rings. The Morgan fingerprint density at radius 2 is 2.16 bits per heavy atom. The van der Waals surface area contributed by atoms with E-state index >= 15 is 0 Å². The maximum absolute atomic E-state index is 12.6. The number of nitrogens with zero attached hydrogens (tertiary/aromatic N) is 2. The Balaban J connectivity index is 1.67. The SMILES string of the molecule is CC(C)CC1NC2(CC2)C(=O)N1CC1CCN(C)C1. The second kappa shape index (κ2) is 4.74. The largest absolute Gasteiger partial charge is 0.325 e. The van der Waals surface area contributed by atoms with Crippen LogP contribution >= 0.6 is 0 Å². The Bertz CT molecular complexity index is 364. The average molecular weight is 265 g/mol. The maximum Gasteiger partial charge on any atom is 0.244 e. The Morgan fingerprint density at radius 3 is 2.68 bits per heavy atom. The van der Waals surface area contributed by atoms with Crippen molar-refractivity contribution in [3.05, 3.63) is 0 Å². The van der Waals surface area contributed by atoms with Crippen LogP contribution in [-0.4, -0.2) is 54.1 Å². The van der Waals surface area contributed by atoms with Crippen LogP contribution in [0.3, 0.4) is 0 Å². The van der Waals surface area contributed by atoms with Gasteiger partial charge in [0.1, 0.15) is 0 Å². The van der Waals surface area contributed by atoms with E-state index in [-0.39, 0.29) is 11.7 Å². The molecule has 4 nitrogen and oxygen atoms in total. The fourth-order valence-corrected chi connectivity index (χ4v) is 3.65. The van der Waals surface area contributed by atoms with E-state index in [1.165, 1.54) is 13.0 Å².